The van der Waals surface area contributed by atoms with Gasteiger partial charge in [0.1, 0.15) is 17.4 Å². The molecule has 0 radical (unpaired) electrons. The number of nitriles is 1. The van der Waals surface area contributed by atoms with Crippen molar-refractivity contribution in [2.75, 3.05) is 7.11 Å². The van der Waals surface area contributed by atoms with E-state index in [1.807, 2.05) is 6.07 Å². The Labute approximate surface area is 119 Å². The van der Waals surface area contributed by atoms with Crippen LogP contribution in [-0.4, -0.2) is 12.1 Å². The number of rotatable bonds is 3. The summed E-state index contributed by atoms with van der Waals surface area (Å²) in [5.74, 6) is 0.398. The summed E-state index contributed by atoms with van der Waals surface area (Å²) in [5, 5.41) is 9.14. The highest BCUT2D eigenvalue weighted by Gasteiger charge is 2.29. The maximum atomic E-state index is 12.5. The van der Waals surface area contributed by atoms with Crippen LogP contribution >= 0.6 is 0 Å². The van der Waals surface area contributed by atoms with Gasteiger partial charge in [-0.05, 0) is 23.8 Å². The van der Waals surface area contributed by atoms with Crippen LogP contribution in [0, 0.1) is 11.3 Å². The van der Waals surface area contributed by atoms with Crippen LogP contribution in [-0.2, 0) is 12.6 Å². The summed E-state index contributed by atoms with van der Waals surface area (Å²) >= 11 is 0. The molecule has 0 bridgehead atoms. The summed E-state index contributed by atoms with van der Waals surface area (Å²) in [5.41, 5.74) is 0.696. The molecule has 1 aromatic heterocycles. The molecule has 0 aliphatic rings. The molecule has 0 spiro atoms. The first kappa shape index (κ1) is 14.9. The molecule has 0 fully saturated rings. The fraction of sp³-hybridized carbons (Fsp3) is 0.200. The highest BCUT2D eigenvalue weighted by Crippen LogP contribution is 2.29. The zero-order valence-corrected chi connectivity index (χ0v) is 11.1. The van der Waals surface area contributed by atoms with Gasteiger partial charge in [0, 0.05) is 12.6 Å². The number of ether oxygens (including phenoxy) is 1. The molecule has 3 nitrogen and oxygen atoms in total. The Balaban J connectivity index is 2.29. The Hall–Kier alpha value is -2.55. The second-order valence-electron chi connectivity index (χ2n) is 4.32. The number of hydrogen-bond acceptors (Lipinski definition) is 3. The molecule has 0 aliphatic carbocycles. The van der Waals surface area contributed by atoms with E-state index in [1.165, 1.54) is 25.4 Å². The molecular weight excluding hydrogens is 281 g/mol. The van der Waals surface area contributed by atoms with E-state index in [1.54, 1.807) is 6.07 Å². The summed E-state index contributed by atoms with van der Waals surface area (Å²) in [4.78, 5) is 4.10. The van der Waals surface area contributed by atoms with Crippen molar-refractivity contribution in [1.29, 1.82) is 5.26 Å². The first-order valence-electron chi connectivity index (χ1n) is 6.04. The number of methoxy groups -OCH3 is 1. The first-order valence-corrected chi connectivity index (χ1v) is 6.04. The van der Waals surface area contributed by atoms with E-state index in [2.05, 4.69) is 4.98 Å². The molecule has 0 saturated carbocycles. The average molecular weight is 292 g/mol. The van der Waals surface area contributed by atoms with Crippen molar-refractivity contribution in [3.8, 4) is 11.8 Å². The molecule has 2 rings (SSSR count). The van der Waals surface area contributed by atoms with Crippen molar-refractivity contribution >= 4 is 0 Å². The third-order valence-corrected chi connectivity index (χ3v) is 2.98. The number of aromatic nitrogens is 1. The Bertz CT molecular complexity index is 673. The highest BCUT2D eigenvalue weighted by molar-refractivity contribution is 5.47. The van der Waals surface area contributed by atoms with E-state index >= 15 is 0 Å². The molecular formula is C15H11F3N2O. The van der Waals surface area contributed by atoms with Gasteiger partial charge in [-0.3, -0.25) is 4.98 Å². The summed E-state index contributed by atoms with van der Waals surface area (Å²) < 4.78 is 42.5. The van der Waals surface area contributed by atoms with Crippen LogP contribution in [0.2, 0.25) is 0 Å². The Morgan fingerprint density at radius 2 is 1.86 bits per heavy atom. The Morgan fingerprint density at radius 1 is 1.19 bits per heavy atom. The fourth-order valence-electron chi connectivity index (χ4n) is 1.91. The lowest BCUT2D eigenvalue weighted by atomic mass is 10.0. The van der Waals surface area contributed by atoms with Gasteiger partial charge >= 0.3 is 6.18 Å². The molecule has 21 heavy (non-hydrogen) atoms. The van der Waals surface area contributed by atoms with Crippen LogP contribution in [0.3, 0.4) is 0 Å². The molecule has 108 valence electrons. The molecule has 0 aliphatic heterocycles. The summed E-state index contributed by atoms with van der Waals surface area (Å²) in [6, 6.07) is 8.36. The number of hydrogen-bond donors (Lipinski definition) is 0. The number of halogens is 3. The number of nitrogens with zero attached hydrogens (tertiary/aromatic N) is 2. The maximum absolute atomic E-state index is 12.5. The van der Waals surface area contributed by atoms with Gasteiger partial charge in [0.15, 0.2) is 0 Å². The maximum Gasteiger partial charge on any atom is 0.416 e. The lowest BCUT2D eigenvalue weighted by Gasteiger charge is -2.09. The van der Waals surface area contributed by atoms with E-state index in [9.17, 15) is 13.2 Å². The van der Waals surface area contributed by atoms with Gasteiger partial charge in [-0.25, -0.2) is 0 Å². The van der Waals surface area contributed by atoms with Crippen molar-refractivity contribution in [2.24, 2.45) is 0 Å². The topological polar surface area (TPSA) is 45.9 Å². The summed E-state index contributed by atoms with van der Waals surface area (Å²) in [6.45, 7) is 0. The normalized spacial score (nSPS) is 11.0. The van der Waals surface area contributed by atoms with Crippen molar-refractivity contribution in [3.05, 3.63) is 58.9 Å². The van der Waals surface area contributed by atoms with Crippen molar-refractivity contribution < 1.29 is 17.9 Å². The molecule has 2 aromatic rings. The minimum Gasteiger partial charge on any atom is -0.495 e. The molecule has 0 saturated heterocycles. The van der Waals surface area contributed by atoms with Gasteiger partial charge in [0.05, 0.1) is 18.4 Å². The zero-order valence-electron chi connectivity index (χ0n) is 11.1. The van der Waals surface area contributed by atoms with Crippen molar-refractivity contribution in [2.45, 2.75) is 12.6 Å². The van der Waals surface area contributed by atoms with Crippen LogP contribution < -0.4 is 4.74 Å². The van der Waals surface area contributed by atoms with Gasteiger partial charge in [-0.15, -0.1) is 0 Å². The van der Waals surface area contributed by atoms with Crippen molar-refractivity contribution in [1.82, 2.24) is 4.98 Å². The van der Waals surface area contributed by atoms with Crippen LogP contribution in [0.15, 0.2) is 36.5 Å². The van der Waals surface area contributed by atoms with Crippen LogP contribution in [0.5, 0.6) is 5.75 Å². The summed E-state index contributed by atoms with van der Waals surface area (Å²) in [7, 11) is 1.44. The van der Waals surface area contributed by atoms with Gasteiger partial charge in [0.2, 0.25) is 0 Å². The molecule has 6 heteroatoms. The van der Waals surface area contributed by atoms with Gasteiger partial charge in [0.25, 0.3) is 0 Å². The first-order chi connectivity index (χ1) is 9.95. The zero-order chi connectivity index (χ0) is 15.5. The predicted octanol–water partition coefficient (Wildman–Crippen LogP) is 3.57. The second kappa shape index (κ2) is 5.83. The minimum absolute atomic E-state index is 0.262. The van der Waals surface area contributed by atoms with Gasteiger partial charge in [-0.1, -0.05) is 12.1 Å². The number of benzene rings is 1. The molecule has 0 unspecified atom stereocenters. The molecule has 1 aromatic carbocycles. The summed E-state index contributed by atoms with van der Waals surface area (Å²) in [6.07, 6.45) is -2.60. The Kier molecular flexibility index (Phi) is 4.13. The highest BCUT2D eigenvalue weighted by atomic mass is 19.4. The third kappa shape index (κ3) is 3.31. The monoisotopic (exact) mass is 292 g/mol. The van der Waals surface area contributed by atoms with Crippen LogP contribution in [0.1, 0.15) is 22.4 Å². The molecule has 1 heterocycles. The standard InChI is InChI=1S/C15H11F3N2O/c1-21-14-6-7-20-13(12(14)9-19)8-10-2-4-11(5-3-10)15(16,17)18/h2-7H,8H2,1H3. The lowest BCUT2D eigenvalue weighted by molar-refractivity contribution is -0.137. The van der Waals surface area contributed by atoms with E-state index in [-0.39, 0.29) is 6.42 Å². The van der Waals surface area contributed by atoms with Crippen molar-refractivity contribution in [3.63, 3.8) is 0 Å². The fourth-order valence-corrected chi connectivity index (χ4v) is 1.91. The number of alkyl halides is 3. The largest absolute Gasteiger partial charge is 0.495 e. The third-order valence-electron chi connectivity index (χ3n) is 2.98. The minimum atomic E-state index is -4.36. The number of pyridine rings is 1. The van der Waals surface area contributed by atoms with Gasteiger partial charge < -0.3 is 4.74 Å². The smallest absolute Gasteiger partial charge is 0.416 e. The van der Waals surface area contributed by atoms with E-state index in [0.29, 0.717) is 22.6 Å². The van der Waals surface area contributed by atoms with E-state index in [0.717, 1.165) is 12.1 Å². The van der Waals surface area contributed by atoms with Gasteiger partial charge in [-0.2, -0.15) is 18.4 Å². The van der Waals surface area contributed by atoms with E-state index < -0.39 is 11.7 Å². The average Bonchev–Trinajstić information content (AvgIpc) is 2.46. The quantitative estimate of drug-likeness (QED) is 0.868. The lowest BCUT2D eigenvalue weighted by Crippen LogP contribution is -2.05. The Morgan fingerprint density at radius 3 is 2.38 bits per heavy atom. The van der Waals surface area contributed by atoms with E-state index in [4.69, 9.17) is 10.00 Å². The molecule has 0 atom stereocenters. The SMILES string of the molecule is COc1ccnc(Cc2ccc(C(F)(F)F)cc2)c1C#N. The van der Waals surface area contributed by atoms with Crippen LogP contribution in [0.25, 0.3) is 0 Å². The van der Waals surface area contributed by atoms with Crippen LogP contribution in [0.4, 0.5) is 13.2 Å². The molecule has 0 N–H and O–H groups in total. The second-order valence-corrected chi connectivity index (χ2v) is 4.32. The molecule has 0 amide bonds. The predicted molar refractivity (Wildman–Crippen MR) is 69.8 cm³/mol.